The van der Waals surface area contributed by atoms with E-state index in [1.807, 2.05) is 20.8 Å². The third-order valence-corrected chi connectivity index (χ3v) is 0.997. The first-order valence-corrected chi connectivity index (χ1v) is 3.50. The fourth-order valence-corrected chi connectivity index (χ4v) is 0.447. The molecule has 0 aromatic heterocycles. The van der Waals surface area contributed by atoms with E-state index in [1.54, 1.807) is 23.0 Å². The van der Waals surface area contributed by atoms with Crippen molar-refractivity contribution in [2.75, 3.05) is 0 Å². The van der Waals surface area contributed by atoms with Gasteiger partial charge in [0, 0.05) is 0 Å². The molecular formula is C6H11IO2. The monoisotopic (exact) mass is 242 g/mol. The first kappa shape index (κ1) is 9.07. The van der Waals surface area contributed by atoms with Crippen LogP contribution in [0.5, 0.6) is 0 Å². The number of halogens is 1. The van der Waals surface area contributed by atoms with Crippen molar-refractivity contribution in [2.24, 2.45) is 0 Å². The Morgan fingerprint density at radius 2 is 1.89 bits per heavy atom. The van der Waals surface area contributed by atoms with Gasteiger partial charge in [-0.25, -0.2) is 0 Å². The van der Waals surface area contributed by atoms with Crippen LogP contribution < -0.4 is 0 Å². The lowest BCUT2D eigenvalue weighted by molar-refractivity contribution is 0.00805. The first-order chi connectivity index (χ1) is 3.95. The number of hydrogen-bond acceptors (Lipinski definition) is 2. The van der Waals surface area contributed by atoms with Gasteiger partial charge in [0.15, 0.2) is 23.0 Å². The zero-order valence-corrected chi connectivity index (χ0v) is 8.06. The Bertz CT molecular complexity index is 104. The highest BCUT2D eigenvalue weighted by atomic mass is 127. The summed E-state index contributed by atoms with van der Waals surface area (Å²) in [5, 5.41) is 0. The van der Waals surface area contributed by atoms with Crippen LogP contribution in [0, 0.1) is 0 Å². The van der Waals surface area contributed by atoms with Gasteiger partial charge < -0.3 is 7.80 Å². The SMILES string of the molecule is C=C(OI)OC(C)(C)C. The lowest BCUT2D eigenvalue weighted by Gasteiger charge is -2.20. The van der Waals surface area contributed by atoms with E-state index < -0.39 is 0 Å². The second-order valence-electron chi connectivity index (χ2n) is 2.66. The fourth-order valence-electron chi connectivity index (χ4n) is 0.357. The molecule has 0 aromatic carbocycles. The Balaban J connectivity index is 3.60. The molecule has 0 aliphatic carbocycles. The highest BCUT2D eigenvalue weighted by molar-refractivity contribution is 14.1. The predicted molar refractivity (Wildman–Crippen MR) is 45.1 cm³/mol. The predicted octanol–water partition coefficient (Wildman–Crippen LogP) is 2.64. The Kier molecular flexibility index (Phi) is 3.32. The molecule has 0 aromatic rings. The fraction of sp³-hybridized carbons (Fsp3) is 0.667. The van der Waals surface area contributed by atoms with Crippen LogP contribution in [0.2, 0.25) is 0 Å². The van der Waals surface area contributed by atoms with E-state index >= 15 is 0 Å². The van der Waals surface area contributed by atoms with Crippen LogP contribution in [0.1, 0.15) is 20.8 Å². The molecule has 0 amide bonds. The summed E-state index contributed by atoms with van der Waals surface area (Å²) in [5.74, 6) is 0.350. The van der Waals surface area contributed by atoms with Crippen molar-refractivity contribution >= 4 is 23.0 Å². The van der Waals surface area contributed by atoms with Crippen molar-refractivity contribution in [1.82, 2.24) is 0 Å². The zero-order valence-electron chi connectivity index (χ0n) is 5.90. The molecule has 0 radical (unpaired) electrons. The molecule has 54 valence electrons. The molecule has 0 fully saturated rings. The van der Waals surface area contributed by atoms with Gasteiger partial charge in [0.25, 0.3) is 5.95 Å². The highest BCUT2D eigenvalue weighted by Crippen LogP contribution is 2.14. The maximum Gasteiger partial charge on any atom is 0.281 e. The zero-order chi connectivity index (χ0) is 7.49. The molecule has 0 unspecified atom stereocenters. The van der Waals surface area contributed by atoms with E-state index in [0.717, 1.165) is 0 Å². The van der Waals surface area contributed by atoms with E-state index in [9.17, 15) is 0 Å². The van der Waals surface area contributed by atoms with Gasteiger partial charge in [0.2, 0.25) is 0 Å². The molecule has 0 atom stereocenters. The smallest absolute Gasteiger partial charge is 0.281 e. The summed E-state index contributed by atoms with van der Waals surface area (Å²) in [6.45, 7) is 9.32. The Labute approximate surface area is 69.9 Å². The van der Waals surface area contributed by atoms with Crippen molar-refractivity contribution in [3.63, 3.8) is 0 Å². The van der Waals surface area contributed by atoms with E-state index in [1.165, 1.54) is 0 Å². The number of ether oxygens (including phenoxy) is 1. The van der Waals surface area contributed by atoms with Crippen LogP contribution in [0.4, 0.5) is 0 Å². The second-order valence-corrected chi connectivity index (χ2v) is 3.10. The third-order valence-electron chi connectivity index (χ3n) is 0.506. The minimum atomic E-state index is -0.206. The quantitative estimate of drug-likeness (QED) is 0.547. The molecular weight excluding hydrogens is 231 g/mol. The van der Waals surface area contributed by atoms with Gasteiger partial charge in [-0.05, 0) is 27.4 Å². The number of hydrogen-bond donors (Lipinski definition) is 0. The van der Waals surface area contributed by atoms with E-state index in [0.29, 0.717) is 5.95 Å². The molecule has 0 N–H and O–H groups in total. The molecule has 3 heteroatoms. The van der Waals surface area contributed by atoms with Gasteiger partial charge in [-0.1, -0.05) is 0 Å². The average Bonchev–Trinajstić information content (AvgIpc) is 1.62. The summed E-state index contributed by atoms with van der Waals surface area (Å²) in [4.78, 5) is 0. The molecule has 0 aliphatic heterocycles. The van der Waals surface area contributed by atoms with Crippen LogP contribution >= 0.6 is 23.0 Å². The van der Waals surface area contributed by atoms with Crippen LogP contribution in [0.15, 0.2) is 12.5 Å². The molecule has 2 nitrogen and oxygen atoms in total. The molecule has 0 saturated heterocycles. The Hall–Kier alpha value is 0.0700. The largest absolute Gasteiger partial charge is 0.460 e. The standard InChI is InChI=1S/C6H11IO2/c1-5(9-7)8-6(2,3)4/h1H2,2-4H3. The van der Waals surface area contributed by atoms with Gasteiger partial charge in [0.05, 0.1) is 0 Å². The summed E-state index contributed by atoms with van der Waals surface area (Å²) in [5.41, 5.74) is -0.206. The number of rotatable bonds is 2. The summed E-state index contributed by atoms with van der Waals surface area (Å²) >= 11 is 1.73. The second kappa shape index (κ2) is 3.29. The molecule has 9 heavy (non-hydrogen) atoms. The maximum absolute atomic E-state index is 5.16. The molecule has 0 rings (SSSR count). The van der Waals surface area contributed by atoms with Crippen molar-refractivity contribution in [3.05, 3.63) is 12.5 Å². The van der Waals surface area contributed by atoms with E-state index in [-0.39, 0.29) is 5.60 Å². The van der Waals surface area contributed by atoms with E-state index in [4.69, 9.17) is 4.74 Å². The lowest BCUT2D eigenvalue weighted by atomic mass is 10.2. The first-order valence-electron chi connectivity index (χ1n) is 2.62. The molecule has 0 aliphatic rings. The van der Waals surface area contributed by atoms with Gasteiger partial charge in [-0.15, -0.1) is 0 Å². The molecule has 0 saturated carbocycles. The van der Waals surface area contributed by atoms with Crippen LogP contribution in [0.25, 0.3) is 0 Å². The van der Waals surface area contributed by atoms with Crippen molar-refractivity contribution < 1.29 is 7.80 Å². The van der Waals surface area contributed by atoms with Crippen LogP contribution in [-0.4, -0.2) is 5.60 Å². The van der Waals surface area contributed by atoms with Gasteiger partial charge in [0.1, 0.15) is 5.60 Å². The topological polar surface area (TPSA) is 18.5 Å². The van der Waals surface area contributed by atoms with E-state index in [2.05, 4.69) is 9.65 Å². The van der Waals surface area contributed by atoms with Crippen LogP contribution in [-0.2, 0) is 7.80 Å². The minimum Gasteiger partial charge on any atom is -0.460 e. The summed E-state index contributed by atoms with van der Waals surface area (Å²) in [6, 6.07) is 0. The lowest BCUT2D eigenvalue weighted by Crippen LogP contribution is -2.18. The van der Waals surface area contributed by atoms with Crippen molar-refractivity contribution in [2.45, 2.75) is 26.4 Å². The van der Waals surface area contributed by atoms with Crippen LogP contribution in [0.3, 0.4) is 0 Å². The molecule has 0 spiro atoms. The van der Waals surface area contributed by atoms with Gasteiger partial charge >= 0.3 is 0 Å². The van der Waals surface area contributed by atoms with Crippen molar-refractivity contribution in [1.29, 1.82) is 0 Å². The molecule has 0 bridgehead atoms. The summed E-state index contributed by atoms with van der Waals surface area (Å²) in [6.07, 6.45) is 0. The summed E-state index contributed by atoms with van der Waals surface area (Å²) < 4.78 is 9.84. The Morgan fingerprint density at radius 3 is 2.00 bits per heavy atom. The average molecular weight is 242 g/mol. The normalized spacial score (nSPS) is 10.7. The van der Waals surface area contributed by atoms with Gasteiger partial charge in [-0.2, -0.15) is 0 Å². The van der Waals surface area contributed by atoms with Crippen molar-refractivity contribution in [3.8, 4) is 0 Å². The third kappa shape index (κ3) is 5.95. The molecule has 0 heterocycles. The Morgan fingerprint density at radius 1 is 1.44 bits per heavy atom. The maximum atomic E-state index is 5.16. The summed E-state index contributed by atoms with van der Waals surface area (Å²) in [7, 11) is 0. The van der Waals surface area contributed by atoms with Gasteiger partial charge in [-0.3, -0.25) is 0 Å². The highest BCUT2D eigenvalue weighted by Gasteiger charge is 2.12. The minimum absolute atomic E-state index is 0.206.